The minimum atomic E-state index is -0.846. The van der Waals surface area contributed by atoms with Gasteiger partial charge in [-0.3, -0.25) is 9.89 Å². The Labute approximate surface area is 192 Å². The fourth-order valence-electron chi connectivity index (χ4n) is 3.78. The van der Waals surface area contributed by atoms with Crippen LogP contribution in [0.5, 0.6) is 0 Å². The Morgan fingerprint density at radius 1 is 1.21 bits per heavy atom. The van der Waals surface area contributed by atoms with Crippen LogP contribution in [0.25, 0.3) is 0 Å². The zero-order valence-corrected chi connectivity index (χ0v) is 20.2. The maximum Gasteiger partial charge on any atom is 0.191 e. The average molecular weight is 516 g/mol. The summed E-state index contributed by atoms with van der Waals surface area (Å²) in [5.41, 5.74) is 0.895. The first kappa shape index (κ1) is 24.4. The summed E-state index contributed by atoms with van der Waals surface area (Å²) in [6.45, 7) is 9.90. The molecule has 1 unspecified atom stereocenters. The molecule has 2 fully saturated rings. The van der Waals surface area contributed by atoms with Crippen molar-refractivity contribution in [3.8, 4) is 0 Å². The van der Waals surface area contributed by atoms with Gasteiger partial charge in [0.25, 0.3) is 0 Å². The molecule has 0 bridgehead atoms. The number of halogens is 1. The lowest BCUT2D eigenvalue weighted by Gasteiger charge is -2.33. The maximum absolute atomic E-state index is 10.8. The lowest BCUT2D eigenvalue weighted by molar-refractivity contribution is -0.0180. The summed E-state index contributed by atoms with van der Waals surface area (Å²) in [6, 6.07) is 10.7. The first-order valence-corrected chi connectivity index (χ1v) is 10.6. The zero-order chi connectivity index (χ0) is 19.9. The van der Waals surface area contributed by atoms with Crippen molar-refractivity contribution in [2.24, 2.45) is 10.4 Å². The van der Waals surface area contributed by atoms with E-state index in [0.717, 1.165) is 51.8 Å². The molecule has 1 saturated carbocycles. The second-order valence-electron chi connectivity index (χ2n) is 8.60. The van der Waals surface area contributed by atoms with E-state index in [4.69, 9.17) is 4.74 Å². The third kappa shape index (κ3) is 8.39. The highest BCUT2D eigenvalue weighted by molar-refractivity contribution is 14.0. The number of hydrogen-bond acceptors (Lipinski definition) is 4. The largest absolute Gasteiger partial charge is 0.387 e. The molecular formula is C22H37IN4O2. The van der Waals surface area contributed by atoms with E-state index in [0.29, 0.717) is 18.5 Å². The Hall–Kier alpha value is -0.900. The molecule has 1 aliphatic heterocycles. The second kappa shape index (κ2) is 11.5. The van der Waals surface area contributed by atoms with Crippen LogP contribution in [-0.2, 0) is 11.2 Å². The molecule has 1 aliphatic carbocycles. The molecular weight excluding hydrogens is 479 g/mol. The van der Waals surface area contributed by atoms with E-state index in [2.05, 4.69) is 57.8 Å². The van der Waals surface area contributed by atoms with E-state index in [1.165, 1.54) is 18.4 Å². The maximum atomic E-state index is 10.8. The van der Waals surface area contributed by atoms with Gasteiger partial charge in [0.05, 0.1) is 25.4 Å². The van der Waals surface area contributed by atoms with E-state index in [1.54, 1.807) is 0 Å². The normalized spacial score (nSPS) is 21.0. The Balaban J connectivity index is 0.00000300. The molecule has 7 heteroatoms. The number of nitrogens with one attached hydrogen (secondary N) is 2. The molecule has 0 radical (unpaired) electrons. The molecule has 164 valence electrons. The molecule has 3 rings (SSSR count). The Bertz CT molecular complexity index is 629. The van der Waals surface area contributed by atoms with Gasteiger partial charge in [0.2, 0.25) is 0 Å². The highest BCUT2D eigenvalue weighted by Crippen LogP contribution is 2.47. The molecule has 3 N–H and O–H groups in total. The number of nitrogens with zero attached hydrogens (tertiary/aromatic N) is 2. The molecule has 1 aromatic carbocycles. The van der Waals surface area contributed by atoms with Crippen LogP contribution >= 0.6 is 24.0 Å². The van der Waals surface area contributed by atoms with Gasteiger partial charge >= 0.3 is 0 Å². The first-order valence-electron chi connectivity index (χ1n) is 10.6. The Morgan fingerprint density at radius 3 is 2.52 bits per heavy atom. The summed E-state index contributed by atoms with van der Waals surface area (Å²) in [5, 5.41) is 17.6. The Kier molecular flexibility index (Phi) is 9.65. The van der Waals surface area contributed by atoms with Gasteiger partial charge in [-0.2, -0.15) is 0 Å². The second-order valence-corrected chi connectivity index (χ2v) is 8.60. The topological polar surface area (TPSA) is 69.1 Å². The van der Waals surface area contributed by atoms with Crippen LogP contribution < -0.4 is 10.6 Å². The fourth-order valence-corrected chi connectivity index (χ4v) is 3.78. The van der Waals surface area contributed by atoms with Crippen molar-refractivity contribution in [3.63, 3.8) is 0 Å². The number of aliphatic imine (C=N–C) groups is 1. The van der Waals surface area contributed by atoms with Crippen LogP contribution in [0.4, 0.5) is 0 Å². The van der Waals surface area contributed by atoms with Crippen molar-refractivity contribution in [3.05, 3.63) is 35.9 Å². The van der Waals surface area contributed by atoms with Crippen LogP contribution in [0.1, 0.15) is 32.3 Å². The number of ether oxygens (including phenoxy) is 1. The summed E-state index contributed by atoms with van der Waals surface area (Å²) in [5.74, 6) is 0.795. The summed E-state index contributed by atoms with van der Waals surface area (Å²) in [4.78, 5) is 6.92. The molecule has 1 saturated heterocycles. The van der Waals surface area contributed by atoms with Gasteiger partial charge in [-0.05, 0) is 44.1 Å². The van der Waals surface area contributed by atoms with Crippen LogP contribution in [0, 0.1) is 5.41 Å². The van der Waals surface area contributed by atoms with Crippen molar-refractivity contribution >= 4 is 29.9 Å². The third-order valence-electron chi connectivity index (χ3n) is 5.60. The van der Waals surface area contributed by atoms with Crippen LogP contribution in [0.15, 0.2) is 35.3 Å². The molecule has 1 atom stereocenters. The van der Waals surface area contributed by atoms with Crippen molar-refractivity contribution in [1.82, 2.24) is 15.5 Å². The summed E-state index contributed by atoms with van der Waals surface area (Å²) in [7, 11) is 0. The molecule has 2 aliphatic rings. The van der Waals surface area contributed by atoms with Gasteiger partial charge in [0, 0.05) is 32.7 Å². The van der Waals surface area contributed by atoms with Crippen molar-refractivity contribution in [2.45, 2.75) is 38.7 Å². The number of β-amino-alcohol motifs (C(OH)–C–C–N with tert-alkyl or cyclic N) is 1. The van der Waals surface area contributed by atoms with Crippen molar-refractivity contribution in [2.75, 3.05) is 52.5 Å². The molecule has 29 heavy (non-hydrogen) atoms. The third-order valence-corrected chi connectivity index (χ3v) is 5.60. The van der Waals surface area contributed by atoms with E-state index in [9.17, 15) is 5.11 Å². The number of rotatable bonds is 9. The van der Waals surface area contributed by atoms with Gasteiger partial charge in [-0.15, -0.1) is 24.0 Å². The molecule has 6 nitrogen and oxygen atoms in total. The van der Waals surface area contributed by atoms with Gasteiger partial charge in [-0.25, -0.2) is 0 Å². The number of morpholine rings is 1. The predicted octanol–water partition coefficient (Wildman–Crippen LogP) is 2.27. The van der Waals surface area contributed by atoms with E-state index >= 15 is 0 Å². The number of benzene rings is 1. The minimum absolute atomic E-state index is 0. The monoisotopic (exact) mass is 516 g/mol. The quantitative estimate of drug-likeness (QED) is 0.267. The highest BCUT2D eigenvalue weighted by atomic mass is 127. The predicted molar refractivity (Wildman–Crippen MR) is 129 cm³/mol. The minimum Gasteiger partial charge on any atom is -0.387 e. The summed E-state index contributed by atoms with van der Waals surface area (Å²) in [6.07, 6.45) is 3.61. The van der Waals surface area contributed by atoms with Gasteiger partial charge < -0.3 is 20.5 Å². The standard InChI is InChI=1S/C22H36N4O2.HI/c1-3-23-20(24-16-21(2,27)18-26-11-13-28-14-12-26)25-17-22(9-10-22)15-19-7-5-4-6-8-19;/h4-8,27H,3,9-18H2,1-2H3,(H2,23,24,25);1H. The SMILES string of the molecule is CCNC(=NCC(C)(O)CN1CCOCC1)NCC1(Cc2ccccc2)CC1.I. The zero-order valence-electron chi connectivity index (χ0n) is 17.8. The van der Waals surface area contributed by atoms with Crippen LogP contribution in [-0.4, -0.2) is 74.0 Å². The number of aliphatic hydroxyl groups is 1. The van der Waals surface area contributed by atoms with Gasteiger partial charge in [-0.1, -0.05) is 30.3 Å². The lowest BCUT2D eigenvalue weighted by Crippen LogP contribution is -2.48. The molecule has 1 aromatic rings. The van der Waals surface area contributed by atoms with Crippen molar-refractivity contribution in [1.29, 1.82) is 0 Å². The van der Waals surface area contributed by atoms with E-state index < -0.39 is 5.60 Å². The average Bonchev–Trinajstić information content (AvgIpc) is 3.45. The molecule has 1 heterocycles. The van der Waals surface area contributed by atoms with Crippen LogP contribution in [0.2, 0.25) is 0 Å². The number of guanidine groups is 1. The first-order chi connectivity index (χ1) is 13.5. The van der Waals surface area contributed by atoms with Crippen LogP contribution in [0.3, 0.4) is 0 Å². The molecule has 0 spiro atoms. The lowest BCUT2D eigenvalue weighted by atomic mass is 9.96. The van der Waals surface area contributed by atoms with Gasteiger partial charge in [0.15, 0.2) is 5.96 Å². The van der Waals surface area contributed by atoms with Gasteiger partial charge in [0.1, 0.15) is 0 Å². The van der Waals surface area contributed by atoms with E-state index in [1.807, 2.05) is 6.92 Å². The van der Waals surface area contributed by atoms with E-state index in [-0.39, 0.29) is 24.0 Å². The van der Waals surface area contributed by atoms with Crippen molar-refractivity contribution < 1.29 is 9.84 Å². The molecule has 0 aromatic heterocycles. The highest BCUT2D eigenvalue weighted by Gasteiger charge is 2.42. The fraction of sp³-hybridized carbons (Fsp3) is 0.682. The number of hydrogen-bond donors (Lipinski definition) is 3. The smallest absolute Gasteiger partial charge is 0.191 e. The Morgan fingerprint density at radius 2 is 1.90 bits per heavy atom. The molecule has 0 amide bonds. The summed E-state index contributed by atoms with van der Waals surface area (Å²) < 4.78 is 5.39. The summed E-state index contributed by atoms with van der Waals surface area (Å²) >= 11 is 0.